The molecule has 7 nitrogen and oxygen atoms in total. The third-order valence-corrected chi connectivity index (χ3v) is 4.58. The Morgan fingerprint density at radius 2 is 1.96 bits per heavy atom. The Labute approximate surface area is 130 Å². The van der Waals surface area contributed by atoms with Crippen LogP contribution in [0.1, 0.15) is 42.4 Å². The molecule has 0 aliphatic carbocycles. The van der Waals surface area contributed by atoms with Crippen LogP contribution >= 0.6 is 0 Å². The fraction of sp³-hybridized carbons (Fsp3) is 0.583. The van der Waals surface area contributed by atoms with Crippen LogP contribution in [0.3, 0.4) is 0 Å². The number of rotatable bonds is 5. The summed E-state index contributed by atoms with van der Waals surface area (Å²) in [6, 6.07) is 0. The number of sulfone groups is 1. The molecule has 0 saturated carbocycles. The van der Waals surface area contributed by atoms with Gasteiger partial charge in [-0.3, -0.25) is 0 Å². The van der Waals surface area contributed by atoms with Gasteiger partial charge in [0, 0.05) is 12.6 Å². The van der Waals surface area contributed by atoms with E-state index < -0.39 is 38.9 Å². The van der Waals surface area contributed by atoms with Gasteiger partial charge in [-0.1, -0.05) is 24.2 Å². The van der Waals surface area contributed by atoms with Crippen LogP contribution in [0.2, 0.25) is 0 Å². The van der Waals surface area contributed by atoms with Gasteiger partial charge in [0.05, 0.1) is 17.2 Å². The number of hydrogen-bond acceptors (Lipinski definition) is 6. The van der Waals surface area contributed by atoms with E-state index in [2.05, 4.69) is 15.5 Å². The molecule has 2 aromatic rings. The Balaban J connectivity index is 2.28. The van der Waals surface area contributed by atoms with Crippen LogP contribution in [0, 0.1) is 0 Å². The number of halogens is 3. The lowest BCUT2D eigenvalue weighted by atomic mass is 10.1. The van der Waals surface area contributed by atoms with Gasteiger partial charge < -0.3 is 4.52 Å². The first-order valence-corrected chi connectivity index (χ1v) is 8.42. The Hall–Kier alpha value is -1.91. The molecule has 2 rings (SSSR count). The summed E-state index contributed by atoms with van der Waals surface area (Å²) in [4.78, 5) is 0. The van der Waals surface area contributed by atoms with E-state index in [0.29, 0.717) is 15.9 Å². The van der Waals surface area contributed by atoms with Gasteiger partial charge in [-0.2, -0.15) is 13.2 Å². The molecule has 0 aliphatic heterocycles. The Bertz CT molecular complexity index is 793. The normalized spacial score (nSPS) is 13.0. The highest BCUT2D eigenvalue weighted by Gasteiger charge is 2.39. The molecule has 0 bridgehead atoms. The van der Waals surface area contributed by atoms with Crippen molar-refractivity contribution in [2.24, 2.45) is 7.05 Å². The van der Waals surface area contributed by atoms with Crippen molar-refractivity contribution in [3.8, 4) is 0 Å². The van der Waals surface area contributed by atoms with Crippen LogP contribution in [0.15, 0.2) is 10.8 Å². The highest BCUT2D eigenvalue weighted by molar-refractivity contribution is 7.89. The van der Waals surface area contributed by atoms with E-state index in [-0.39, 0.29) is 5.92 Å². The second-order valence-electron chi connectivity index (χ2n) is 5.42. The fourth-order valence-corrected chi connectivity index (χ4v) is 3.59. The van der Waals surface area contributed by atoms with E-state index in [1.165, 1.54) is 6.26 Å². The predicted molar refractivity (Wildman–Crippen MR) is 72.9 cm³/mol. The zero-order valence-corrected chi connectivity index (χ0v) is 13.4. The summed E-state index contributed by atoms with van der Waals surface area (Å²) >= 11 is 0. The van der Waals surface area contributed by atoms with Crippen LogP contribution in [0.5, 0.6) is 0 Å². The Morgan fingerprint density at radius 1 is 1.30 bits per heavy atom. The molecular weight excluding hydrogens is 337 g/mol. The molecule has 0 N–H and O–H groups in total. The number of aromatic nitrogens is 4. The monoisotopic (exact) mass is 352 g/mol. The standard InChI is InChI=1S/C12H15F3N4O3S/c1-7(2)10-8(4-22-17-10)5-23(20,21)6-9-11(12(13,14)15)19(3)18-16-9/h4,7H,5-6H2,1-3H3. The van der Waals surface area contributed by atoms with Crippen molar-refractivity contribution in [2.45, 2.75) is 37.4 Å². The van der Waals surface area contributed by atoms with Crippen LogP contribution in [0.25, 0.3) is 0 Å². The molecule has 0 spiro atoms. The summed E-state index contributed by atoms with van der Waals surface area (Å²) in [5, 5.41) is 10.3. The minimum atomic E-state index is -4.73. The van der Waals surface area contributed by atoms with Crippen molar-refractivity contribution in [1.82, 2.24) is 20.2 Å². The minimum absolute atomic E-state index is 0.0683. The molecule has 0 atom stereocenters. The maximum atomic E-state index is 12.9. The first-order valence-electron chi connectivity index (χ1n) is 6.60. The highest BCUT2D eigenvalue weighted by atomic mass is 32.2. The van der Waals surface area contributed by atoms with Crippen molar-refractivity contribution in [3.63, 3.8) is 0 Å². The highest BCUT2D eigenvalue weighted by Crippen LogP contribution is 2.31. The molecule has 0 saturated heterocycles. The average molecular weight is 352 g/mol. The lowest BCUT2D eigenvalue weighted by Gasteiger charge is -2.09. The molecule has 0 radical (unpaired) electrons. The summed E-state index contributed by atoms with van der Waals surface area (Å²) < 4.78 is 68.5. The third-order valence-electron chi connectivity index (χ3n) is 3.12. The van der Waals surface area contributed by atoms with Crippen molar-refractivity contribution in [3.05, 3.63) is 28.9 Å². The lowest BCUT2D eigenvalue weighted by molar-refractivity contribution is -0.144. The molecule has 2 heterocycles. The van der Waals surface area contributed by atoms with Gasteiger partial charge in [-0.15, -0.1) is 5.10 Å². The molecule has 0 aliphatic rings. The summed E-state index contributed by atoms with van der Waals surface area (Å²) in [7, 11) is -2.84. The van der Waals surface area contributed by atoms with E-state index in [4.69, 9.17) is 4.52 Å². The molecule has 11 heteroatoms. The zero-order chi connectivity index (χ0) is 17.4. The first kappa shape index (κ1) is 17.4. The van der Waals surface area contributed by atoms with Gasteiger partial charge >= 0.3 is 6.18 Å². The SMILES string of the molecule is CC(C)c1nocc1CS(=O)(=O)Cc1nnn(C)c1C(F)(F)F. The number of nitrogens with zero attached hydrogens (tertiary/aromatic N) is 4. The maximum absolute atomic E-state index is 12.9. The average Bonchev–Trinajstić information content (AvgIpc) is 2.94. The van der Waals surface area contributed by atoms with Crippen LogP contribution in [-0.4, -0.2) is 28.6 Å². The van der Waals surface area contributed by atoms with Crippen molar-refractivity contribution in [1.29, 1.82) is 0 Å². The smallest absolute Gasteiger partial charge is 0.364 e. The van der Waals surface area contributed by atoms with Crippen molar-refractivity contribution in [2.75, 3.05) is 0 Å². The molecule has 0 fully saturated rings. The van der Waals surface area contributed by atoms with Crippen LogP contribution in [0.4, 0.5) is 13.2 Å². The number of alkyl halides is 3. The minimum Gasteiger partial charge on any atom is -0.364 e. The Morgan fingerprint density at radius 3 is 2.52 bits per heavy atom. The van der Waals surface area contributed by atoms with Gasteiger partial charge in [0.1, 0.15) is 12.0 Å². The first-order chi connectivity index (χ1) is 10.5. The summed E-state index contributed by atoms with van der Waals surface area (Å²) in [6.07, 6.45) is -3.54. The van der Waals surface area contributed by atoms with Gasteiger partial charge in [-0.05, 0) is 5.92 Å². The predicted octanol–water partition coefficient (Wildman–Crippen LogP) is 2.06. The third kappa shape index (κ3) is 3.89. The molecule has 2 aromatic heterocycles. The summed E-state index contributed by atoms with van der Waals surface area (Å²) in [6.45, 7) is 3.61. The van der Waals surface area contributed by atoms with E-state index in [1.807, 2.05) is 0 Å². The lowest BCUT2D eigenvalue weighted by Crippen LogP contribution is -2.17. The van der Waals surface area contributed by atoms with E-state index in [1.54, 1.807) is 13.8 Å². The molecule has 128 valence electrons. The van der Waals surface area contributed by atoms with E-state index in [0.717, 1.165) is 7.05 Å². The van der Waals surface area contributed by atoms with Crippen molar-refractivity contribution < 1.29 is 26.1 Å². The van der Waals surface area contributed by atoms with E-state index >= 15 is 0 Å². The van der Waals surface area contributed by atoms with Gasteiger partial charge in [0.15, 0.2) is 15.5 Å². The van der Waals surface area contributed by atoms with Gasteiger partial charge in [0.25, 0.3) is 0 Å². The second kappa shape index (κ2) is 5.95. The maximum Gasteiger partial charge on any atom is 0.434 e. The fourth-order valence-electron chi connectivity index (χ4n) is 2.19. The topological polar surface area (TPSA) is 90.9 Å². The van der Waals surface area contributed by atoms with Gasteiger partial charge in [-0.25, -0.2) is 13.1 Å². The Kier molecular flexibility index (Phi) is 4.51. The van der Waals surface area contributed by atoms with Crippen LogP contribution < -0.4 is 0 Å². The number of hydrogen-bond donors (Lipinski definition) is 0. The quantitative estimate of drug-likeness (QED) is 0.818. The van der Waals surface area contributed by atoms with E-state index in [9.17, 15) is 21.6 Å². The summed E-state index contributed by atoms with van der Waals surface area (Å²) in [5.74, 6) is -1.41. The second-order valence-corrected chi connectivity index (χ2v) is 7.48. The number of aryl methyl sites for hydroxylation is 1. The largest absolute Gasteiger partial charge is 0.434 e. The summed E-state index contributed by atoms with van der Waals surface area (Å²) in [5.41, 5.74) is -1.00. The zero-order valence-electron chi connectivity index (χ0n) is 12.6. The molecular formula is C12H15F3N4O3S. The molecule has 0 aromatic carbocycles. The molecule has 23 heavy (non-hydrogen) atoms. The molecule has 0 unspecified atom stereocenters. The van der Waals surface area contributed by atoms with Crippen molar-refractivity contribution >= 4 is 9.84 Å². The van der Waals surface area contributed by atoms with Gasteiger partial charge in [0.2, 0.25) is 0 Å². The van der Waals surface area contributed by atoms with Crippen LogP contribution in [-0.2, 0) is 34.6 Å². The molecule has 0 amide bonds.